The lowest BCUT2D eigenvalue weighted by atomic mass is 10.1. The fourth-order valence-corrected chi connectivity index (χ4v) is 1.51. The SMILES string of the molecule is CC.COC(=O)NN(C(C)=O)C1CCOCC1. The fraction of sp³-hybridized carbons (Fsp3) is 0.818. The number of nitrogens with one attached hydrogen (secondary N) is 1. The van der Waals surface area contributed by atoms with Crippen LogP contribution in [0.5, 0.6) is 0 Å². The monoisotopic (exact) mass is 246 g/mol. The van der Waals surface area contributed by atoms with Crippen molar-refractivity contribution < 1.29 is 19.1 Å². The summed E-state index contributed by atoms with van der Waals surface area (Å²) in [5, 5.41) is 1.31. The molecule has 1 aliphatic rings. The van der Waals surface area contributed by atoms with E-state index in [0.29, 0.717) is 13.2 Å². The third kappa shape index (κ3) is 5.53. The Balaban J connectivity index is 0.00000121. The fourth-order valence-electron chi connectivity index (χ4n) is 1.51. The molecule has 100 valence electrons. The first-order valence-electron chi connectivity index (χ1n) is 5.87. The average molecular weight is 246 g/mol. The molecule has 0 spiro atoms. The van der Waals surface area contributed by atoms with Gasteiger partial charge in [-0.15, -0.1) is 0 Å². The van der Waals surface area contributed by atoms with E-state index in [-0.39, 0.29) is 11.9 Å². The summed E-state index contributed by atoms with van der Waals surface area (Å²) in [6.45, 7) is 6.63. The minimum atomic E-state index is -0.628. The summed E-state index contributed by atoms with van der Waals surface area (Å²) in [6.07, 6.45) is 0.823. The van der Waals surface area contributed by atoms with E-state index in [1.807, 2.05) is 13.8 Å². The molecule has 1 aliphatic heterocycles. The van der Waals surface area contributed by atoms with Gasteiger partial charge in [0.25, 0.3) is 0 Å². The second-order valence-corrected chi connectivity index (χ2v) is 3.34. The average Bonchev–Trinajstić information content (AvgIpc) is 2.38. The van der Waals surface area contributed by atoms with Gasteiger partial charge in [-0.3, -0.25) is 4.79 Å². The van der Waals surface area contributed by atoms with Crippen LogP contribution in [0.3, 0.4) is 0 Å². The molecule has 0 aromatic rings. The van der Waals surface area contributed by atoms with Crippen molar-refractivity contribution in [3.05, 3.63) is 0 Å². The van der Waals surface area contributed by atoms with Crippen molar-refractivity contribution in [2.75, 3.05) is 20.3 Å². The van der Waals surface area contributed by atoms with E-state index in [1.54, 1.807) is 0 Å². The maximum absolute atomic E-state index is 11.3. The molecule has 0 radical (unpaired) electrons. The van der Waals surface area contributed by atoms with Crippen LogP contribution < -0.4 is 5.43 Å². The Kier molecular flexibility index (Phi) is 8.13. The lowest BCUT2D eigenvalue weighted by Crippen LogP contribution is -2.52. The van der Waals surface area contributed by atoms with Gasteiger partial charge in [-0.05, 0) is 12.8 Å². The molecular weight excluding hydrogens is 224 g/mol. The number of nitrogens with zero attached hydrogens (tertiary/aromatic N) is 1. The molecule has 1 fully saturated rings. The van der Waals surface area contributed by atoms with E-state index in [9.17, 15) is 9.59 Å². The Bertz CT molecular complexity index is 240. The lowest BCUT2D eigenvalue weighted by Gasteiger charge is -2.32. The number of ether oxygens (including phenoxy) is 2. The van der Waals surface area contributed by atoms with Crippen LogP contribution in [0.2, 0.25) is 0 Å². The predicted molar refractivity (Wildman–Crippen MR) is 63.2 cm³/mol. The zero-order chi connectivity index (χ0) is 13.3. The Labute approximate surface area is 102 Å². The van der Waals surface area contributed by atoms with E-state index < -0.39 is 6.09 Å². The van der Waals surface area contributed by atoms with Crippen LogP contribution in [0, 0.1) is 0 Å². The normalized spacial score (nSPS) is 15.3. The highest BCUT2D eigenvalue weighted by atomic mass is 16.5. The molecule has 0 atom stereocenters. The largest absolute Gasteiger partial charge is 0.452 e. The molecule has 2 amide bonds. The Morgan fingerprint density at radius 2 is 1.82 bits per heavy atom. The van der Waals surface area contributed by atoms with E-state index >= 15 is 0 Å². The minimum absolute atomic E-state index is 0.00431. The van der Waals surface area contributed by atoms with Crippen LogP contribution in [0.15, 0.2) is 0 Å². The van der Waals surface area contributed by atoms with Gasteiger partial charge < -0.3 is 9.47 Å². The maximum atomic E-state index is 11.3. The van der Waals surface area contributed by atoms with Crippen molar-refractivity contribution in [1.29, 1.82) is 0 Å². The molecule has 0 unspecified atom stereocenters. The Hall–Kier alpha value is -1.30. The topological polar surface area (TPSA) is 67.9 Å². The number of hydrazine groups is 1. The first kappa shape index (κ1) is 15.7. The van der Waals surface area contributed by atoms with Crippen LogP contribution in [-0.2, 0) is 14.3 Å². The molecule has 0 saturated carbocycles. The Morgan fingerprint density at radius 3 is 2.24 bits per heavy atom. The second-order valence-electron chi connectivity index (χ2n) is 3.34. The van der Waals surface area contributed by atoms with Gasteiger partial charge in [0.1, 0.15) is 0 Å². The van der Waals surface area contributed by atoms with Crippen LogP contribution in [-0.4, -0.2) is 43.4 Å². The highest BCUT2D eigenvalue weighted by Crippen LogP contribution is 2.12. The third-order valence-electron chi connectivity index (χ3n) is 2.29. The standard InChI is InChI=1S/C9H16N2O4.C2H6/c1-7(12)11(10-9(13)14-2)8-3-5-15-6-4-8;1-2/h8H,3-6H2,1-2H3,(H,10,13);1-2H3. The number of hydrogen-bond acceptors (Lipinski definition) is 4. The number of methoxy groups -OCH3 is 1. The first-order chi connectivity index (χ1) is 8.15. The quantitative estimate of drug-likeness (QED) is 0.708. The van der Waals surface area contributed by atoms with Gasteiger partial charge >= 0.3 is 6.09 Å². The summed E-state index contributed by atoms with van der Waals surface area (Å²) < 4.78 is 9.63. The predicted octanol–water partition coefficient (Wildman–Crippen LogP) is 1.31. The molecular formula is C11H22N2O4. The molecule has 17 heavy (non-hydrogen) atoms. The van der Waals surface area contributed by atoms with Gasteiger partial charge in [0.2, 0.25) is 5.91 Å². The highest BCUT2D eigenvalue weighted by molar-refractivity contribution is 5.77. The first-order valence-corrected chi connectivity index (χ1v) is 5.87. The van der Waals surface area contributed by atoms with E-state index in [4.69, 9.17) is 4.74 Å². The van der Waals surface area contributed by atoms with Crippen molar-refractivity contribution >= 4 is 12.0 Å². The molecule has 0 aromatic carbocycles. The van der Waals surface area contributed by atoms with E-state index in [0.717, 1.165) is 12.8 Å². The number of carbonyl (C=O) groups is 2. The van der Waals surface area contributed by atoms with Crippen molar-refractivity contribution in [3.8, 4) is 0 Å². The molecule has 0 aromatic heterocycles. The number of amides is 2. The molecule has 1 N–H and O–H groups in total. The van der Waals surface area contributed by atoms with Crippen LogP contribution in [0.1, 0.15) is 33.6 Å². The highest BCUT2D eigenvalue weighted by Gasteiger charge is 2.25. The van der Waals surface area contributed by atoms with Crippen LogP contribution in [0.25, 0.3) is 0 Å². The number of hydrogen-bond donors (Lipinski definition) is 1. The van der Waals surface area contributed by atoms with E-state index in [2.05, 4.69) is 10.2 Å². The summed E-state index contributed by atoms with van der Waals surface area (Å²) in [5.41, 5.74) is 2.40. The van der Waals surface area contributed by atoms with Crippen LogP contribution >= 0.6 is 0 Å². The summed E-state index contributed by atoms with van der Waals surface area (Å²) >= 11 is 0. The Morgan fingerprint density at radius 1 is 1.29 bits per heavy atom. The number of carbonyl (C=O) groups excluding carboxylic acids is 2. The number of rotatable bonds is 1. The van der Waals surface area contributed by atoms with Gasteiger partial charge in [-0.2, -0.15) is 0 Å². The summed E-state index contributed by atoms with van der Waals surface area (Å²) in [7, 11) is 1.26. The lowest BCUT2D eigenvalue weighted by molar-refractivity contribution is -0.136. The van der Waals surface area contributed by atoms with Crippen molar-refractivity contribution in [2.24, 2.45) is 0 Å². The summed E-state index contributed by atoms with van der Waals surface area (Å²) in [5.74, 6) is -0.202. The van der Waals surface area contributed by atoms with Crippen molar-refractivity contribution in [1.82, 2.24) is 10.4 Å². The van der Waals surface area contributed by atoms with Crippen molar-refractivity contribution in [3.63, 3.8) is 0 Å². The third-order valence-corrected chi connectivity index (χ3v) is 2.29. The summed E-state index contributed by atoms with van der Waals surface area (Å²) in [6, 6.07) is -0.00431. The second kappa shape index (κ2) is 8.81. The van der Waals surface area contributed by atoms with Gasteiger partial charge in [0, 0.05) is 20.1 Å². The van der Waals surface area contributed by atoms with E-state index in [1.165, 1.54) is 19.0 Å². The van der Waals surface area contributed by atoms with Gasteiger partial charge in [0.05, 0.1) is 13.2 Å². The van der Waals surface area contributed by atoms with Gasteiger partial charge in [0.15, 0.2) is 0 Å². The molecule has 1 rings (SSSR count). The maximum Gasteiger partial charge on any atom is 0.425 e. The van der Waals surface area contributed by atoms with Gasteiger partial charge in [-0.1, -0.05) is 13.8 Å². The molecule has 1 saturated heterocycles. The minimum Gasteiger partial charge on any atom is -0.452 e. The zero-order valence-corrected chi connectivity index (χ0v) is 11.0. The van der Waals surface area contributed by atoms with Crippen LogP contribution in [0.4, 0.5) is 4.79 Å². The molecule has 0 bridgehead atoms. The van der Waals surface area contributed by atoms with Crippen molar-refractivity contribution in [2.45, 2.75) is 39.7 Å². The molecule has 0 aliphatic carbocycles. The zero-order valence-electron chi connectivity index (χ0n) is 11.0. The smallest absolute Gasteiger partial charge is 0.425 e. The van der Waals surface area contributed by atoms with Gasteiger partial charge in [-0.25, -0.2) is 15.2 Å². The molecule has 6 heteroatoms. The summed E-state index contributed by atoms with van der Waals surface area (Å²) in [4.78, 5) is 22.3. The molecule has 1 heterocycles. The molecule has 6 nitrogen and oxygen atoms in total.